The number of imidazole rings is 1. The molecule has 0 fully saturated rings. The van der Waals surface area contributed by atoms with Crippen LogP contribution in [0.5, 0.6) is 5.75 Å². The van der Waals surface area contributed by atoms with Gasteiger partial charge in [0.25, 0.3) is 0 Å². The summed E-state index contributed by atoms with van der Waals surface area (Å²) in [5.41, 5.74) is 3.25. The van der Waals surface area contributed by atoms with Crippen LogP contribution < -0.4 is 15.4 Å². The summed E-state index contributed by atoms with van der Waals surface area (Å²) in [6.07, 6.45) is -1.35. The van der Waals surface area contributed by atoms with Gasteiger partial charge >= 0.3 is 12.4 Å². The number of fused-ring (bicyclic) bond motifs is 3. The highest BCUT2D eigenvalue weighted by molar-refractivity contribution is 6.33. The van der Waals surface area contributed by atoms with E-state index in [1.165, 1.54) is 6.07 Å². The van der Waals surface area contributed by atoms with Crippen LogP contribution in [-0.2, 0) is 0 Å². The first kappa shape index (κ1) is 19.1. The topological polar surface area (TPSA) is 68.2 Å². The van der Waals surface area contributed by atoms with Crippen LogP contribution in [0.25, 0.3) is 11.3 Å². The zero-order valence-electron chi connectivity index (χ0n) is 14.7. The lowest BCUT2D eigenvalue weighted by molar-refractivity contribution is -0.274. The number of carbonyl (C=O) groups excluding carboxylic acids is 1. The Bertz CT molecular complexity index is 1070. The number of anilines is 1. The summed E-state index contributed by atoms with van der Waals surface area (Å²) in [4.78, 5) is 16.4. The number of urea groups is 1. The van der Waals surface area contributed by atoms with E-state index in [-0.39, 0.29) is 16.8 Å². The first-order chi connectivity index (χ1) is 13.8. The molecule has 1 aliphatic heterocycles. The van der Waals surface area contributed by atoms with Gasteiger partial charge in [0.2, 0.25) is 0 Å². The minimum atomic E-state index is -4.82. The largest absolute Gasteiger partial charge is 0.573 e. The predicted octanol–water partition coefficient (Wildman–Crippen LogP) is 4.83. The molecular formula is C19H14ClF3N4O2. The van der Waals surface area contributed by atoms with Crippen molar-refractivity contribution in [3.8, 4) is 17.0 Å². The Hall–Kier alpha value is -3.20. The van der Waals surface area contributed by atoms with E-state index in [2.05, 4.69) is 20.4 Å². The Balaban J connectivity index is 1.41. The van der Waals surface area contributed by atoms with Gasteiger partial charge in [-0.15, -0.1) is 13.2 Å². The molecule has 29 heavy (non-hydrogen) atoms. The van der Waals surface area contributed by atoms with E-state index < -0.39 is 18.1 Å². The Morgan fingerprint density at radius 1 is 1.24 bits per heavy atom. The highest BCUT2D eigenvalue weighted by Crippen LogP contribution is 2.38. The van der Waals surface area contributed by atoms with E-state index in [4.69, 9.17) is 11.6 Å². The number of hydrogen-bond donors (Lipinski definition) is 2. The summed E-state index contributed by atoms with van der Waals surface area (Å²) < 4.78 is 42.6. The van der Waals surface area contributed by atoms with E-state index in [0.29, 0.717) is 6.54 Å². The number of amides is 2. The van der Waals surface area contributed by atoms with Gasteiger partial charge in [0.15, 0.2) is 0 Å². The third-order valence-electron chi connectivity index (χ3n) is 4.48. The van der Waals surface area contributed by atoms with Gasteiger partial charge in [0.1, 0.15) is 5.75 Å². The molecule has 1 aromatic heterocycles. The summed E-state index contributed by atoms with van der Waals surface area (Å²) in [5.74, 6) is -0.469. The zero-order valence-corrected chi connectivity index (χ0v) is 15.5. The molecule has 0 bridgehead atoms. The number of rotatable bonds is 4. The highest BCUT2D eigenvalue weighted by Gasteiger charge is 2.31. The summed E-state index contributed by atoms with van der Waals surface area (Å²) in [6.45, 7) is 0.291. The monoisotopic (exact) mass is 422 g/mol. The van der Waals surface area contributed by atoms with Crippen molar-refractivity contribution in [1.82, 2.24) is 14.9 Å². The minimum absolute atomic E-state index is 0.0787. The van der Waals surface area contributed by atoms with E-state index in [1.54, 1.807) is 12.5 Å². The number of nitrogens with zero attached hydrogens (tertiary/aromatic N) is 2. The number of halogens is 4. The Morgan fingerprint density at radius 3 is 2.79 bits per heavy atom. The second-order valence-electron chi connectivity index (χ2n) is 6.31. The minimum Gasteiger partial charge on any atom is -0.406 e. The van der Waals surface area contributed by atoms with Crippen molar-refractivity contribution in [3.63, 3.8) is 0 Å². The molecule has 4 rings (SSSR count). The number of carbonyl (C=O) groups is 1. The molecule has 0 spiro atoms. The van der Waals surface area contributed by atoms with E-state index in [1.807, 2.05) is 28.8 Å². The summed E-state index contributed by atoms with van der Waals surface area (Å²) in [7, 11) is 0. The van der Waals surface area contributed by atoms with Gasteiger partial charge in [-0.3, -0.25) is 0 Å². The van der Waals surface area contributed by atoms with Crippen molar-refractivity contribution >= 4 is 23.3 Å². The number of alkyl halides is 3. The maximum absolute atomic E-state index is 12.3. The Labute approximate surface area is 168 Å². The van der Waals surface area contributed by atoms with Crippen LogP contribution in [0.3, 0.4) is 0 Å². The average Bonchev–Trinajstić information content (AvgIpc) is 3.22. The molecule has 1 unspecified atom stereocenters. The standard InChI is InChI=1S/C19H14ClF3N4O2/c20-14-7-11(29-19(21,22)23)5-6-15(14)26-18(28)25-9-17-13-4-2-1-3-12(13)16-8-24-10-27(16)17/h1-8,10,17H,9H2,(H2,25,26,28). The fourth-order valence-electron chi connectivity index (χ4n) is 3.29. The van der Waals surface area contributed by atoms with Crippen LogP contribution in [0.2, 0.25) is 5.02 Å². The normalized spacial score (nSPS) is 14.8. The molecule has 2 amide bonds. The van der Waals surface area contributed by atoms with Crippen LogP contribution in [0.15, 0.2) is 55.0 Å². The SMILES string of the molecule is O=C(NCC1c2ccccc2-c2cncn21)Nc1ccc(OC(F)(F)F)cc1Cl. The lowest BCUT2D eigenvalue weighted by Crippen LogP contribution is -2.33. The first-order valence-electron chi connectivity index (χ1n) is 8.53. The maximum Gasteiger partial charge on any atom is 0.573 e. The van der Waals surface area contributed by atoms with Gasteiger partial charge in [-0.05, 0) is 17.7 Å². The summed E-state index contributed by atoms with van der Waals surface area (Å²) in [5, 5.41) is 5.20. The molecule has 1 atom stereocenters. The van der Waals surface area contributed by atoms with Crippen LogP contribution in [-0.4, -0.2) is 28.5 Å². The molecule has 150 valence electrons. The molecule has 2 N–H and O–H groups in total. The van der Waals surface area contributed by atoms with E-state index in [9.17, 15) is 18.0 Å². The number of nitrogens with one attached hydrogen (secondary N) is 2. The number of ether oxygens (including phenoxy) is 1. The summed E-state index contributed by atoms with van der Waals surface area (Å²) >= 11 is 5.95. The smallest absolute Gasteiger partial charge is 0.406 e. The van der Waals surface area contributed by atoms with Crippen molar-refractivity contribution in [1.29, 1.82) is 0 Å². The predicted molar refractivity (Wildman–Crippen MR) is 101 cm³/mol. The zero-order chi connectivity index (χ0) is 20.6. The molecule has 2 aromatic carbocycles. The van der Waals surface area contributed by atoms with Crippen LogP contribution in [0.4, 0.5) is 23.7 Å². The van der Waals surface area contributed by atoms with Gasteiger partial charge in [0.05, 0.1) is 35.0 Å². The molecule has 2 heterocycles. The lowest BCUT2D eigenvalue weighted by Gasteiger charge is -2.16. The number of hydrogen-bond acceptors (Lipinski definition) is 3. The number of aromatic nitrogens is 2. The third-order valence-corrected chi connectivity index (χ3v) is 4.79. The van der Waals surface area contributed by atoms with Crippen molar-refractivity contribution < 1.29 is 22.7 Å². The number of benzene rings is 2. The lowest BCUT2D eigenvalue weighted by atomic mass is 10.0. The maximum atomic E-state index is 12.3. The quantitative estimate of drug-likeness (QED) is 0.633. The first-order valence-corrected chi connectivity index (χ1v) is 8.91. The Morgan fingerprint density at radius 2 is 2.03 bits per heavy atom. The van der Waals surface area contributed by atoms with Crippen LogP contribution in [0, 0.1) is 0 Å². The van der Waals surface area contributed by atoms with Gasteiger partial charge < -0.3 is 19.9 Å². The van der Waals surface area contributed by atoms with Gasteiger partial charge in [0, 0.05) is 18.2 Å². The molecule has 0 aliphatic carbocycles. The summed E-state index contributed by atoms with van der Waals surface area (Å²) in [6, 6.07) is 10.5. The third kappa shape index (κ3) is 4.00. The van der Waals surface area contributed by atoms with Gasteiger partial charge in [-0.2, -0.15) is 0 Å². The van der Waals surface area contributed by atoms with E-state index >= 15 is 0 Å². The molecule has 6 nitrogen and oxygen atoms in total. The van der Waals surface area contributed by atoms with Gasteiger partial charge in [-0.25, -0.2) is 9.78 Å². The second kappa shape index (κ2) is 7.32. The van der Waals surface area contributed by atoms with Crippen LogP contribution >= 0.6 is 11.6 Å². The van der Waals surface area contributed by atoms with Gasteiger partial charge in [-0.1, -0.05) is 35.9 Å². The molecule has 10 heteroatoms. The fraction of sp³-hybridized carbons (Fsp3) is 0.158. The van der Waals surface area contributed by atoms with Crippen molar-refractivity contribution in [3.05, 3.63) is 65.6 Å². The van der Waals surface area contributed by atoms with Crippen molar-refractivity contribution in [2.75, 3.05) is 11.9 Å². The Kier molecular flexibility index (Phi) is 4.83. The molecular weight excluding hydrogens is 409 g/mol. The molecule has 3 aromatic rings. The molecule has 1 aliphatic rings. The van der Waals surface area contributed by atoms with Crippen molar-refractivity contribution in [2.45, 2.75) is 12.4 Å². The van der Waals surface area contributed by atoms with Crippen molar-refractivity contribution in [2.24, 2.45) is 0 Å². The average molecular weight is 423 g/mol. The fourth-order valence-corrected chi connectivity index (χ4v) is 3.51. The van der Waals surface area contributed by atoms with Crippen LogP contribution in [0.1, 0.15) is 11.6 Å². The second-order valence-corrected chi connectivity index (χ2v) is 6.72. The molecule has 0 saturated carbocycles. The molecule has 0 radical (unpaired) electrons. The molecule has 0 saturated heterocycles. The van der Waals surface area contributed by atoms with E-state index in [0.717, 1.165) is 29.0 Å². The highest BCUT2D eigenvalue weighted by atomic mass is 35.5.